The molecule has 0 aromatic heterocycles. The van der Waals surface area contributed by atoms with Crippen LogP contribution >= 0.6 is 0 Å². The molecule has 0 saturated carbocycles. The van der Waals surface area contributed by atoms with Gasteiger partial charge in [-0.05, 0) is 19.1 Å². The molecule has 0 spiro atoms. The average molecular weight is 236 g/mol. The van der Waals surface area contributed by atoms with Crippen molar-refractivity contribution in [3.05, 3.63) is 23.8 Å². The van der Waals surface area contributed by atoms with E-state index >= 15 is 0 Å². The molecule has 1 rings (SSSR count). The van der Waals surface area contributed by atoms with Crippen molar-refractivity contribution in [3.63, 3.8) is 0 Å². The van der Waals surface area contributed by atoms with E-state index in [1.165, 1.54) is 6.07 Å². The van der Waals surface area contributed by atoms with Gasteiger partial charge in [-0.3, -0.25) is 0 Å². The Bertz CT molecular complexity index is 479. The van der Waals surface area contributed by atoms with Crippen molar-refractivity contribution in [3.8, 4) is 0 Å². The van der Waals surface area contributed by atoms with E-state index < -0.39 is 20.2 Å². The van der Waals surface area contributed by atoms with Crippen molar-refractivity contribution in [1.29, 1.82) is 0 Å². The SMILES string of the molecule is Bc1ccc(S(=O)(=O)C(F)(F)F)cc1C. The Morgan fingerprint density at radius 3 is 2.20 bits per heavy atom. The van der Waals surface area contributed by atoms with Crippen molar-refractivity contribution in [2.24, 2.45) is 0 Å². The Labute approximate surface area is 86.4 Å². The van der Waals surface area contributed by atoms with Gasteiger partial charge in [0.1, 0.15) is 7.85 Å². The van der Waals surface area contributed by atoms with Gasteiger partial charge >= 0.3 is 5.51 Å². The summed E-state index contributed by atoms with van der Waals surface area (Å²) in [7, 11) is -3.52. The van der Waals surface area contributed by atoms with Gasteiger partial charge in [-0.15, -0.1) is 0 Å². The first-order valence-electron chi connectivity index (χ1n) is 4.05. The molecule has 1 aromatic carbocycles. The number of hydrogen-bond acceptors (Lipinski definition) is 2. The lowest BCUT2D eigenvalue weighted by atomic mass is 9.92. The smallest absolute Gasteiger partial charge is 0.214 e. The zero-order valence-corrected chi connectivity index (χ0v) is 8.91. The molecule has 0 heterocycles. The molecule has 0 radical (unpaired) electrons. The quantitative estimate of drug-likeness (QED) is 0.667. The second-order valence-electron chi connectivity index (χ2n) is 3.20. The molecule has 0 aliphatic heterocycles. The molecule has 82 valence electrons. The van der Waals surface area contributed by atoms with Crippen LogP contribution in [0.4, 0.5) is 13.2 Å². The standard InChI is InChI=1S/C8H8BF3O2S/c1-5-4-6(2-3-7(5)9)15(13,14)8(10,11)12/h2-4H,9H2,1H3. The largest absolute Gasteiger partial charge is 0.501 e. The molecule has 7 heteroatoms. The molecule has 0 amide bonds. The normalized spacial score (nSPS) is 12.8. The molecule has 15 heavy (non-hydrogen) atoms. The van der Waals surface area contributed by atoms with Crippen LogP contribution in [0.15, 0.2) is 23.1 Å². The van der Waals surface area contributed by atoms with Crippen molar-refractivity contribution < 1.29 is 21.6 Å². The number of aryl methyl sites for hydroxylation is 1. The lowest BCUT2D eigenvalue weighted by Gasteiger charge is -2.09. The highest BCUT2D eigenvalue weighted by atomic mass is 32.2. The second-order valence-corrected chi connectivity index (χ2v) is 5.14. The van der Waals surface area contributed by atoms with Gasteiger partial charge < -0.3 is 0 Å². The first-order valence-corrected chi connectivity index (χ1v) is 5.53. The van der Waals surface area contributed by atoms with Crippen molar-refractivity contribution in [1.82, 2.24) is 0 Å². The van der Waals surface area contributed by atoms with Crippen LogP contribution in [0.25, 0.3) is 0 Å². The third-order valence-electron chi connectivity index (χ3n) is 2.09. The van der Waals surface area contributed by atoms with Crippen LogP contribution in [-0.2, 0) is 9.84 Å². The monoisotopic (exact) mass is 236 g/mol. The van der Waals surface area contributed by atoms with E-state index in [0.717, 1.165) is 17.6 Å². The molecule has 0 N–H and O–H groups in total. The van der Waals surface area contributed by atoms with Gasteiger partial charge in [-0.1, -0.05) is 17.1 Å². The van der Waals surface area contributed by atoms with E-state index in [4.69, 9.17) is 0 Å². The molecular weight excluding hydrogens is 228 g/mol. The minimum atomic E-state index is -5.24. The minimum Gasteiger partial charge on any atom is -0.214 e. The summed E-state index contributed by atoms with van der Waals surface area (Å²) < 4.78 is 58.5. The minimum absolute atomic E-state index is 0.514. The number of alkyl halides is 3. The number of hydrogen-bond donors (Lipinski definition) is 0. The van der Waals surface area contributed by atoms with Crippen LogP contribution in [0.1, 0.15) is 5.56 Å². The molecule has 0 aliphatic carbocycles. The van der Waals surface area contributed by atoms with Gasteiger partial charge in [0.2, 0.25) is 0 Å². The maximum atomic E-state index is 12.2. The van der Waals surface area contributed by atoms with E-state index in [1.807, 2.05) is 0 Å². The highest BCUT2D eigenvalue weighted by Gasteiger charge is 2.46. The summed E-state index contributed by atoms with van der Waals surface area (Å²) in [6.07, 6.45) is 0. The first-order chi connectivity index (χ1) is 6.66. The average Bonchev–Trinajstić information content (AvgIpc) is 2.07. The Morgan fingerprint density at radius 2 is 1.80 bits per heavy atom. The van der Waals surface area contributed by atoms with Crippen molar-refractivity contribution >= 4 is 23.1 Å². The maximum absolute atomic E-state index is 12.2. The van der Waals surface area contributed by atoms with Crippen LogP contribution in [0, 0.1) is 6.92 Å². The van der Waals surface area contributed by atoms with E-state index in [2.05, 4.69) is 0 Å². The molecule has 0 atom stereocenters. The zero-order valence-electron chi connectivity index (χ0n) is 8.09. The van der Waals surface area contributed by atoms with Gasteiger partial charge in [0.25, 0.3) is 9.84 Å². The Morgan fingerprint density at radius 1 is 1.27 bits per heavy atom. The molecule has 0 bridgehead atoms. The Kier molecular flexibility index (Phi) is 2.86. The summed E-state index contributed by atoms with van der Waals surface area (Å²) in [5.41, 5.74) is -3.98. The summed E-state index contributed by atoms with van der Waals surface area (Å²) in [4.78, 5) is -0.710. The highest BCUT2D eigenvalue weighted by molar-refractivity contribution is 7.92. The zero-order chi connectivity index (χ0) is 11.9. The predicted octanol–water partition coefficient (Wildman–Crippen LogP) is 0.547. The van der Waals surface area contributed by atoms with Crippen LogP contribution in [0.3, 0.4) is 0 Å². The summed E-state index contributed by atoms with van der Waals surface area (Å²) >= 11 is 0. The number of sulfone groups is 1. The van der Waals surface area contributed by atoms with Crippen molar-refractivity contribution in [2.75, 3.05) is 0 Å². The van der Waals surface area contributed by atoms with Crippen LogP contribution in [0.5, 0.6) is 0 Å². The molecule has 0 fully saturated rings. The fraction of sp³-hybridized carbons (Fsp3) is 0.250. The van der Waals surface area contributed by atoms with Gasteiger partial charge in [0.05, 0.1) is 4.90 Å². The van der Waals surface area contributed by atoms with Crippen LogP contribution < -0.4 is 5.46 Å². The lowest BCUT2D eigenvalue weighted by Crippen LogP contribution is -2.24. The van der Waals surface area contributed by atoms with Crippen LogP contribution in [-0.4, -0.2) is 21.8 Å². The van der Waals surface area contributed by atoms with Gasteiger partial charge in [-0.2, -0.15) is 13.2 Å². The number of rotatable bonds is 1. The molecule has 1 aromatic rings. The molecular formula is C8H8BF3O2S. The topological polar surface area (TPSA) is 34.1 Å². The fourth-order valence-corrected chi connectivity index (χ4v) is 1.86. The highest BCUT2D eigenvalue weighted by Crippen LogP contribution is 2.29. The Hall–Kier alpha value is -0.975. The summed E-state index contributed by atoms with van der Waals surface area (Å²) in [6, 6.07) is 3.34. The second kappa shape index (κ2) is 3.55. The molecule has 0 aliphatic rings. The van der Waals surface area contributed by atoms with Gasteiger partial charge in [0, 0.05) is 0 Å². The molecule has 0 unspecified atom stereocenters. The summed E-state index contributed by atoms with van der Waals surface area (Å²) in [5.74, 6) is 0. The molecule has 0 saturated heterocycles. The third-order valence-corrected chi connectivity index (χ3v) is 3.58. The maximum Gasteiger partial charge on any atom is 0.501 e. The number of halogens is 3. The van der Waals surface area contributed by atoms with E-state index in [9.17, 15) is 21.6 Å². The predicted molar refractivity (Wildman–Crippen MR) is 52.6 cm³/mol. The van der Waals surface area contributed by atoms with E-state index in [0.29, 0.717) is 5.56 Å². The third kappa shape index (κ3) is 2.17. The van der Waals surface area contributed by atoms with Gasteiger partial charge in [-0.25, -0.2) is 8.42 Å². The summed E-state index contributed by atoms with van der Waals surface area (Å²) in [6.45, 7) is 1.56. The lowest BCUT2D eigenvalue weighted by molar-refractivity contribution is -0.0436. The Balaban J connectivity index is 3.36. The molecule has 2 nitrogen and oxygen atoms in total. The first kappa shape index (κ1) is 12.1. The van der Waals surface area contributed by atoms with Gasteiger partial charge in [0.15, 0.2) is 0 Å². The van der Waals surface area contributed by atoms with E-state index in [1.54, 1.807) is 14.8 Å². The van der Waals surface area contributed by atoms with E-state index in [-0.39, 0.29) is 0 Å². The fourth-order valence-electron chi connectivity index (χ4n) is 1.01. The van der Waals surface area contributed by atoms with Crippen LogP contribution in [0.2, 0.25) is 0 Å². The number of benzene rings is 1. The summed E-state index contributed by atoms with van der Waals surface area (Å²) in [5, 5.41) is 0. The van der Waals surface area contributed by atoms with Crippen molar-refractivity contribution in [2.45, 2.75) is 17.3 Å².